The summed E-state index contributed by atoms with van der Waals surface area (Å²) in [6, 6.07) is 0. The van der Waals surface area contributed by atoms with E-state index in [2.05, 4.69) is 5.32 Å². The van der Waals surface area contributed by atoms with E-state index in [1.54, 1.807) is 11.9 Å². The van der Waals surface area contributed by atoms with Crippen LogP contribution in [0.15, 0.2) is 0 Å². The van der Waals surface area contributed by atoms with Gasteiger partial charge in [-0.15, -0.1) is 0 Å². The molecule has 5 nitrogen and oxygen atoms in total. The van der Waals surface area contributed by atoms with Crippen LogP contribution < -0.4 is 5.32 Å². The van der Waals surface area contributed by atoms with Crippen molar-refractivity contribution in [1.82, 2.24) is 15.1 Å². The Morgan fingerprint density at radius 2 is 1.94 bits per heavy atom. The summed E-state index contributed by atoms with van der Waals surface area (Å²) in [6.45, 7) is 7.16. The van der Waals surface area contributed by atoms with Gasteiger partial charge in [0.25, 0.3) is 0 Å². The summed E-state index contributed by atoms with van der Waals surface area (Å²) in [5.41, 5.74) is 0. The number of nitrogens with one attached hydrogen (secondary N) is 1. The van der Waals surface area contributed by atoms with Crippen molar-refractivity contribution < 1.29 is 9.59 Å². The molecular weight excluding hydrogens is 206 g/mol. The first-order valence-electron chi connectivity index (χ1n) is 5.73. The minimum atomic E-state index is -0.119. The third kappa shape index (κ3) is 3.48. The fourth-order valence-electron chi connectivity index (χ4n) is 1.81. The minimum Gasteiger partial charge on any atom is -0.345 e. The number of hydrogen-bond donors (Lipinski definition) is 1. The van der Waals surface area contributed by atoms with E-state index in [1.807, 2.05) is 11.8 Å². The van der Waals surface area contributed by atoms with Gasteiger partial charge in [0, 0.05) is 46.7 Å². The fourth-order valence-corrected chi connectivity index (χ4v) is 1.81. The molecule has 1 aliphatic rings. The van der Waals surface area contributed by atoms with E-state index in [4.69, 9.17) is 0 Å². The van der Waals surface area contributed by atoms with Crippen molar-refractivity contribution in [2.75, 3.05) is 39.8 Å². The van der Waals surface area contributed by atoms with E-state index >= 15 is 0 Å². The molecule has 0 aromatic carbocycles. The number of amides is 2. The Balaban J connectivity index is 2.43. The van der Waals surface area contributed by atoms with Crippen molar-refractivity contribution >= 4 is 11.8 Å². The summed E-state index contributed by atoms with van der Waals surface area (Å²) >= 11 is 0. The van der Waals surface area contributed by atoms with Gasteiger partial charge in [0.15, 0.2) is 0 Å². The van der Waals surface area contributed by atoms with Crippen molar-refractivity contribution in [3.05, 3.63) is 0 Å². The maximum atomic E-state index is 12.0. The van der Waals surface area contributed by atoms with Crippen LogP contribution in [-0.4, -0.2) is 61.4 Å². The average molecular weight is 227 g/mol. The van der Waals surface area contributed by atoms with Crippen LogP contribution in [0.3, 0.4) is 0 Å². The normalized spacial score (nSPS) is 18.1. The molecule has 2 amide bonds. The van der Waals surface area contributed by atoms with Gasteiger partial charge in [0.2, 0.25) is 11.8 Å². The number of carbonyl (C=O) groups is 2. The molecule has 1 N–H and O–H groups in total. The van der Waals surface area contributed by atoms with Gasteiger partial charge in [-0.05, 0) is 0 Å². The van der Waals surface area contributed by atoms with Gasteiger partial charge < -0.3 is 15.1 Å². The Labute approximate surface area is 96.8 Å². The summed E-state index contributed by atoms with van der Waals surface area (Å²) in [4.78, 5) is 26.5. The van der Waals surface area contributed by atoms with Crippen LogP contribution in [0.2, 0.25) is 0 Å². The highest BCUT2D eigenvalue weighted by molar-refractivity contribution is 5.80. The molecule has 1 saturated heterocycles. The smallest absolute Gasteiger partial charge is 0.227 e. The lowest BCUT2D eigenvalue weighted by Gasteiger charge is -2.31. The third-order valence-electron chi connectivity index (χ3n) is 2.94. The summed E-state index contributed by atoms with van der Waals surface area (Å²) in [5.74, 6) is 0.0292. The summed E-state index contributed by atoms with van der Waals surface area (Å²) in [5, 5.41) is 3.21. The van der Waals surface area contributed by atoms with Crippen molar-refractivity contribution in [3.8, 4) is 0 Å². The lowest BCUT2D eigenvalue weighted by Crippen LogP contribution is -2.49. The molecule has 5 heteroatoms. The molecule has 1 heterocycles. The lowest BCUT2D eigenvalue weighted by molar-refractivity contribution is -0.137. The molecule has 1 rings (SSSR count). The van der Waals surface area contributed by atoms with Gasteiger partial charge in [-0.2, -0.15) is 0 Å². The zero-order chi connectivity index (χ0) is 12.1. The van der Waals surface area contributed by atoms with Gasteiger partial charge in [0.1, 0.15) is 0 Å². The van der Waals surface area contributed by atoms with Crippen LogP contribution in [0.5, 0.6) is 0 Å². The third-order valence-corrected chi connectivity index (χ3v) is 2.94. The summed E-state index contributed by atoms with van der Waals surface area (Å²) in [6.07, 6.45) is 0. The fraction of sp³-hybridized carbons (Fsp3) is 0.818. The van der Waals surface area contributed by atoms with Crippen LogP contribution in [0.1, 0.15) is 13.8 Å². The number of nitrogens with zero attached hydrogens (tertiary/aromatic N) is 2. The molecule has 0 spiro atoms. The summed E-state index contributed by atoms with van der Waals surface area (Å²) < 4.78 is 0. The zero-order valence-electron chi connectivity index (χ0n) is 10.3. The second-order valence-electron chi connectivity index (χ2n) is 4.38. The van der Waals surface area contributed by atoms with Crippen molar-refractivity contribution in [2.24, 2.45) is 5.92 Å². The van der Waals surface area contributed by atoms with Crippen LogP contribution in [0.25, 0.3) is 0 Å². The van der Waals surface area contributed by atoms with E-state index in [0.29, 0.717) is 6.54 Å². The van der Waals surface area contributed by atoms with Crippen LogP contribution in [0.4, 0.5) is 0 Å². The highest BCUT2D eigenvalue weighted by Gasteiger charge is 2.23. The standard InChI is InChI=1S/C11H21N3O2/c1-9(8-13(3)10(2)15)11(16)14-6-4-12-5-7-14/h9,12H,4-8H2,1-3H3. The molecule has 1 atom stereocenters. The maximum Gasteiger partial charge on any atom is 0.227 e. The lowest BCUT2D eigenvalue weighted by atomic mass is 10.1. The largest absolute Gasteiger partial charge is 0.345 e. The van der Waals surface area contributed by atoms with E-state index in [0.717, 1.165) is 26.2 Å². The van der Waals surface area contributed by atoms with Gasteiger partial charge in [-0.1, -0.05) is 6.92 Å². The van der Waals surface area contributed by atoms with Gasteiger partial charge in [-0.3, -0.25) is 9.59 Å². The van der Waals surface area contributed by atoms with Gasteiger partial charge in [0.05, 0.1) is 5.92 Å². The Morgan fingerprint density at radius 1 is 1.38 bits per heavy atom. The van der Waals surface area contributed by atoms with Crippen LogP contribution >= 0.6 is 0 Å². The molecule has 0 aromatic heterocycles. The van der Waals surface area contributed by atoms with E-state index in [-0.39, 0.29) is 17.7 Å². The topological polar surface area (TPSA) is 52.7 Å². The molecule has 16 heavy (non-hydrogen) atoms. The second kappa shape index (κ2) is 5.84. The predicted octanol–water partition coefficient (Wildman–Crippen LogP) is -0.467. The van der Waals surface area contributed by atoms with Crippen LogP contribution in [0, 0.1) is 5.92 Å². The second-order valence-corrected chi connectivity index (χ2v) is 4.38. The Morgan fingerprint density at radius 3 is 2.44 bits per heavy atom. The Bertz CT molecular complexity index is 262. The van der Waals surface area contributed by atoms with Crippen molar-refractivity contribution in [3.63, 3.8) is 0 Å². The van der Waals surface area contributed by atoms with Gasteiger partial charge >= 0.3 is 0 Å². The molecule has 92 valence electrons. The quantitative estimate of drug-likeness (QED) is 0.709. The van der Waals surface area contributed by atoms with Crippen molar-refractivity contribution in [2.45, 2.75) is 13.8 Å². The first-order valence-corrected chi connectivity index (χ1v) is 5.73. The molecule has 1 aliphatic heterocycles. The molecule has 1 fully saturated rings. The number of piperazine rings is 1. The Kier molecular flexibility index (Phi) is 4.73. The van der Waals surface area contributed by atoms with Crippen LogP contribution in [-0.2, 0) is 9.59 Å². The highest BCUT2D eigenvalue weighted by atomic mass is 16.2. The van der Waals surface area contributed by atoms with Crippen molar-refractivity contribution in [1.29, 1.82) is 0 Å². The SMILES string of the molecule is CC(=O)N(C)CC(C)C(=O)N1CCNCC1. The first kappa shape index (κ1) is 13.0. The van der Waals surface area contributed by atoms with E-state index in [1.165, 1.54) is 6.92 Å². The number of rotatable bonds is 3. The molecule has 0 bridgehead atoms. The zero-order valence-corrected chi connectivity index (χ0v) is 10.3. The minimum absolute atomic E-state index is 0.0000363. The first-order chi connectivity index (χ1) is 7.52. The maximum absolute atomic E-state index is 12.0. The Hall–Kier alpha value is -1.10. The van der Waals surface area contributed by atoms with E-state index in [9.17, 15) is 9.59 Å². The molecule has 0 radical (unpaired) electrons. The summed E-state index contributed by atoms with van der Waals surface area (Å²) in [7, 11) is 1.73. The van der Waals surface area contributed by atoms with Gasteiger partial charge in [-0.25, -0.2) is 0 Å². The molecule has 1 unspecified atom stereocenters. The highest BCUT2D eigenvalue weighted by Crippen LogP contribution is 2.05. The monoisotopic (exact) mass is 227 g/mol. The predicted molar refractivity (Wildman–Crippen MR) is 61.9 cm³/mol. The molecule has 0 aliphatic carbocycles. The number of carbonyl (C=O) groups excluding carboxylic acids is 2. The number of hydrogen-bond acceptors (Lipinski definition) is 3. The molecule has 0 saturated carbocycles. The molecular formula is C11H21N3O2. The molecule has 0 aromatic rings. The van der Waals surface area contributed by atoms with E-state index < -0.39 is 0 Å². The average Bonchev–Trinajstić information content (AvgIpc) is 2.28.